The number of esters is 1. The normalized spacial score (nSPS) is 16.0. The van der Waals surface area contributed by atoms with E-state index in [1.165, 1.54) is 6.07 Å². The summed E-state index contributed by atoms with van der Waals surface area (Å²) < 4.78 is 5.05. The van der Waals surface area contributed by atoms with E-state index in [2.05, 4.69) is 0 Å². The molecule has 1 aliphatic heterocycles. The molecule has 0 saturated carbocycles. The predicted octanol–water partition coefficient (Wildman–Crippen LogP) is 2.60. The van der Waals surface area contributed by atoms with Crippen LogP contribution in [0.15, 0.2) is 48.5 Å². The van der Waals surface area contributed by atoms with E-state index in [1.54, 1.807) is 36.4 Å². The van der Waals surface area contributed by atoms with Gasteiger partial charge >= 0.3 is 11.9 Å². The molecule has 5 heteroatoms. The summed E-state index contributed by atoms with van der Waals surface area (Å²) in [6.07, 6.45) is -1.16. The average Bonchev–Trinajstić information content (AvgIpc) is 2.82. The zero-order valence-corrected chi connectivity index (χ0v) is 11.5. The van der Waals surface area contributed by atoms with Crippen LogP contribution in [0.2, 0.25) is 0 Å². The number of ketones is 1. The van der Waals surface area contributed by atoms with Gasteiger partial charge in [0.05, 0.1) is 12.0 Å². The quantitative estimate of drug-likeness (QED) is 0.693. The number of cyclic esters (lactones) is 1. The van der Waals surface area contributed by atoms with E-state index < -0.39 is 18.0 Å². The van der Waals surface area contributed by atoms with Crippen molar-refractivity contribution in [1.29, 1.82) is 0 Å². The maximum atomic E-state index is 12.4. The zero-order chi connectivity index (χ0) is 15.7. The first-order valence-corrected chi connectivity index (χ1v) is 6.72. The Morgan fingerprint density at radius 1 is 1.05 bits per heavy atom. The van der Waals surface area contributed by atoms with Gasteiger partial charge in [0.25, 0.3) is 0 Å². The summed E-state index contributed by atoms with van der Waals surface area (Å²) >= 11 is 0. The highest BCUT2D eigenvalue weighted by Gasteiger charge is 2.33. The number of carbonyl (C=O) groups is 3. The summed E-state index contributed by atoms with van der Waals surface area (Å²) in [4.78, 5) is 35.0. The minimum Gasteiger partial charge on any atom is -0.481 e. The molecule has 1 atom stereocenters. The Balaban J connectivity index is 1.98. The minimum atomic E-state index is -1.06. The highest BCUT2D eigenvalue weighted by molar-refractivity contribution is 6.09. The minimum absolute atomic E-state index is 0.183. The summed E-state index contributed by atoms with van der Waals surface area (Å²) in [6, 6.07) is 13.4. The van der Waals surface area contributed by atoms with Crippen molar-refractivity contribution in [2.24, 2.45) is 0 Å². The van der Waals surface area contributed by atoms with E-state index in [4.69, 9.17) is 9.84 Å². The number of hydrogen-bond donors (Lipinski definition) is 1. The third-order valence-electron chi connectivity index (χ3n) is 3.53. The molecular weight excluding hydrogens is 284 g/mol. The fourth-order valence-corrected chi connectivity index (χ4v) is 2.48. The van der Waals surface area contributed by atoms with Gasteiger partial charge in [-0.05, 0) is 12.1 Å². The second-order valence-electron chi connectivity index (χ2n) is 4.99. The summed E-state index contributed by atoms with van der Waals surface area (Å²) in [5.41, 5.74) is 1.70. The number of aliphatic carboxylic acids is 1. The number of ether oxygens (including phenoxy) is 1. The van der Waals surface area contributed by atoms with Crippen LogP contribution in [0.25, 0.3) is 0 Å². The molecule has 0 saturated heterocycles. The molecular formula is C17H12O5. The topological polar surface area (TPSA) is 80.7 Å². The number of carbonyl (C=O) groups excluding carboxylic acids is 2. The summed E-state index contributed by atoms with van der Waals surface area (Å²) in [5.74, 6) is -1.80. The highest BCUT2D eigenvalue weighted by Crippen LogP contribution is 2.34. The van der Waals surface area contributed by atoms with Gasteiger partial charge in [-0.15, -0.1) is 0 Å². The molecule has 0 amide bonds. The number of fused-ring (bicyclic) bond motifs is 1. The molecule has 0 bridgehead atoms. The lowest BCUT2D eigenvalue weighted by Crippen LogP contribution is -2.07. The second kappa shape index (κ2) is 5.44. The smallest absolute Gasteiger partial charge is 0.339 e. The molecule has 3 rings (SSSR count). The lowest BCUT2D eigenvalue weighted by atomic mass is 9.96. The molecule has 1 heterocycles. The van der Waals surface area contributed by atoms with Crippen molar-refractivity contribution in [3.8, 4) is 0 Å². The highest BCUT2D eigenvalue weighted by atomic mass is 16.5. The lowest BCUT2D eigenvalue weighted by Gasteiger charge is -2.08. The molecule has 1 unspecified atom stereocenters. The van der Waals surface area contributed by atoms with Crippen LogP contribution in [0.5, 0.6) is 0 Å². The van der Waals surface area contributed by atoms with Crippen LogP contribution in [0.4, 0.5) is 0 Å². The fourth-order valence-electron chi connectivity index (χ4n) is 2.48. The molecule has 0 aliphatic carbocycles. The van der Waals surface area contributed by atoms with E-state index in [9.17, 15) is 14.4 Å². The van der Waals surface area contributed by atoms with Crippen LogP contribution in [-0.2, 0) is 9.53 Å². The molecule has 22 heavy (non-hydrogen) atoms. The first kappa shape index (κ1) is 14.0. The van der Waals surface area contributed by atoms with Crippen molar-refractivity contribution in [2.75, 3.05) is 0 Å². The molecule has 0 aromatic heterocycles. The van der Waals surface area contributed by atoms with Gasteiger partial charge in [0.1, 0.15) is 6.10 Å². The molecule has 2 aromatic rings. The molecule has 0 radical (unpaired) electrons. The van der Waals surface area contributed by atoms with Crippen molar-refractivity contribution < 1.29 is 24.2 Å². The number of benzene rings is 2. The maximum Gasteiger partial charge on any atom is 0.339 e. The number of hydrogen-bond acceptors (Lipinski definition) is 4. The molecule has 0 spiro atoms. The van der Waals surface area contributed by atoms with Gasteiger partial charge in [0.15, 0.2) is 5.78 Å². The molecule has 1 aliphatic rings. The Labute approximate surface area is 126 Å². The SMILES string of the molecule is O=C(O)CC1OC(=O)c2ccc(C(=O)c3ccccc3)cc21. The Kier molecular flexibility index (Phi) is 3.47. The Bertz CT molecular complexity index is 762. The fraction of sp³-hybridized carbons (Fsp3) is 0.118. The van der Waals surface area contributed by atoms with Gasteiger partial charge in [-0.1, -0.05) is 36.4 Å². The molecule has 110 valence electrons. The van der Waals surface area contributed by atoms with Crippen LogP contribution < -0.4 is 0 Å². The van der Waals surface area contributed by atoms with E-state index >= 15 is 0 Å². The first-order chi connectivity index (χ1) is 10.6. The molecule has 1 N–H and O–H groups in total. The largest absolute Gasteiger partial charge is 0.481 e. The van der Waals surface area contributed by atoms with Gasteiger partial charge < -0.3 is 9.84 Å². The first-order valence-electron chi connectivity index (χ1n) is 6.72. The number of carboxylic acid groups (broad SMARTS) is 1. The van der Waals surface area contributed by atoms with Crippen LogP contribution in [0.1, 0.15) is 44.4 Å². The molecule has 0 fully saturated rings. The van der Waals surface area contributed by atoms with E-state index in [-0.39, 0.29) is 12.2 Å². The zero-order valence-electron chi connectivity index (χ0n) is 11.5. The van der Waals surface area contributed by atoms with Crippen molar-refractivity contribution >= 4 is 17.7 Å². The third-order valence-corrected chi connectivity index (χ3v) is 3.53. The van der Waals surface area contributed by atoms with Gasteiger partial charge in [0.2, 0.25) is 0 Å². The summed E-state index contributed by atoms with van der Waals surface area (Å²) in [7, 11) is 0. The maximum absolute atomic E-state index is 12.4. The van der Waals surface area contributed by atoms with E-state index in [1.807, 2.05) is 6.07 Å². The van der Waals surface area contributed by atoms with E-state index in [0.29, 0.717) is 22.3 Å². The van der Waals surface area contributed by atoms with Gasteiger partial charge in [-0.2, -0.15) is 0 Å². The standard InChI is InChI=1S/C17H12O5/c18-15(19)9-14-13-8-11(6-7-12(13)17(21)22-14)16(20)10-4-2-1-3-5-10/h1-8,14H,9H2,(H,18,19). The summed E-state index contributed by atoms with van der Waals surface area (Å²) in [6.45, 7) is 0. The van der Waals surface area contributed by atoms with E-state index in [0.717, 1.165) is 0 Å². The lowest BCUT2D eigenvalue weighted by molar-refractivity contribution is -0.139. The van der Waals surface area contributed by atoms with Crippen molar-refractivity contribution in [3.05, 3.63) is 70.8 Å². The van der Waals surface area contributed by atoms with Crippen LogP contribution in [-0.4, -0.2) is 22.8 Å². The van der Waals surface area contributed by atoms with Gasteiger partial charge in [-0.25, -0.2) is 4.79 Å². The van der Waals surface area contributed by atoms with Crippen molar-refractivity contribution in [1.82, 2.24) is 0 Å². The van der Waals surface area contributed by atoms with Crippen molar-refractivity contribution in [2.45, 2.75) is 12.5 Å². The Morgan fingerprint density at radius 2 is 1.77 bits per heavy atom. The average molecular weight is 296 g/mol. The second-order valence-corrected chi connectivity index (χ2v) is 4.99. The molecule has 5 nitrogen and oxygen atoms in total. The predicted molar refractivity (Wildman–Crippen MR) is 76.7 cm³/mol. The Morgan fingerprint density at radius 3 is 2.45 bits per heavy atom. The van der Waals surface area contributed by atoms with Gasteiger partial charge in [-0.3, -0.25) is 9.59 Å². The van der Waals surface area contributed by atoms with Crippen LogP contribution in [0, 0.1) is 0 Å². The third kappa shape index (κ3) is 2.48. The van der Waals surface area contributed by atoms with Crippen molar-refractivity contribution in [3.63, 3.8) is 0 Å². The molecule has 2 aromatic carbocycles. The van der Waals surface area contributed by atoms with Crippen LogP contribution >= 0.6 is 0 Å². The van der Waals surface area contributed by atoms with Crippen LogP contribution in [0.3, 0.4) is 0 Å². The number of carboxylic acids is 1. The monoisotopic (exact) mass is 296 g/mol. The van der Waals surface area contributed by atoms with Gasteiger partial charge in [0, 0.05) is 16.7 Å². The number of rotatable bonds is 4. The summed E-state index contributed by atoms with van der Waals surface area (Å²) in [5, 5.41) is 8.88. The Hall–Kier alpha value is -2.95.